The summed E-state index contributed by atoms with van der Waals surface area (Å²) in [6.45, 7) is 1.71. The quantitative estimate of drug-likeness (QED) is 0.716. The van der Waals surface area contributed by atoms with Gasteiger partial charge < -0.3 is 0 Å². The molecule has 4 heteroatoms. The lowest BCUT2D eigenvalue weighted by molar-refractivity contribution is -0.0827. The van der Waals surface area contributed by atoms with E-state index in [0.717, 1.165) is 22.5 Å². The first kappa shape index (κ1) is 14.0. The van der Waals surface area contributed by atoms with Crippen LogP contribution in [0.2, 0.25) is 0 Å². The molecule has 0 bridgehead atoms. The molecular weight excluding hydrogens is 269 g/mol. The van der Waals surface area contributed by atoms with E-state index in [1.165, 1.54) is 6.08 Å². The second-order valence-corrected chi connectivity index (χ2v) is 5.35. The van der Waals surface area contributed by atoms with Crippen molar-refractivity contribution < 1.29 is 13.2 Å². The van der Waals surface area contributed by atoms with Crippen LogP contribution >= 0.6 is 11.8 Å². The molecule has 0 aromatic heterocycles. The van der Waals surface area contributed by atoms with Crippen LogP contribution in [0, 0.1) is 0 Å². The summed E-state index contributed by atoms with van der Waals surface area (Å²) in [5, 5.41) is 1.97. The lowest BCUT2D eigenvalue weighted by Crippen LogP contribution is -2.09. The Hall–Kier alpha value is -1.42. The molecule has 0 aliphatic rings. The normalized spacial score (nSPS) is 12.9. The van der Waals surface area contributed by atoms with Gasteiger partial charge in [0.05, 0.1) is 4.91 Å². The number of hydrogen-bond acceptors (Lipinski definition) is 1. The number of benzene rings is 2. The first-order valence-corrected chi connectivity index (χ1v) is 6.90. The van der Waals surface area contributed by atoms with Crippen LogP contribution in [0.5, 0.6) is 0 Å². The minimum absolute atomic E-state index is 0.402. The zero-order valence-corrected chi connectivity index (χ0v) is 11.2. The minimum atomic E-state index is -4.29. The summed E-state index contributed by atoms with van der Waals surface area (Å²) in [7, 11) is 0. The molecule has 2 aromatic carbocycles. The summed E-state index contributed by atoms with van der Waals surface area (Å²) in [6.07, 6.45) is -3.08. The van der Waals surface area contributed by atoms with Crippen LogP contribution in [0.25, 0.3) is 16.8 Å². The highest BCUT2D eigenvalue weighted by atomic mass is 32.2. The first-order chi connectivity index (χ1) is 9.00. The molecule has 2 aromatic rings. The van der Waals surface area contributed by atoms with Crippen LogP contribution in [-0.4, -0.2) is 11.9 Å². The van der Waals surface area contributed by atoms with Gasteiger partial charge in [0.2, 0.25) is 0 Å². The van der Waals surface area contributed by atoms with Crippen molar-refractivity contribution >= 4 is 28.6 Å². The smallest absolute Gasteiger partial charge is 0.166 e. The number of halogens is 3. The molecule has 0 nitrogen and oxygen atoms in total. The highest BCUT2D eigenvalue weighted by molar-refractivity contribution is 8.03. The maximum atomic E-state index is 12.8. The van der Waals surface area contributed by atoms with Gasteiger partial charge in [-0.3, -0.25) is 0 Å². The molecule has 2 rings (SSSR count). The van der Waals surface area contributed by atoms with E-state index in [0.29, 0.717) is 11.3 Å². The van der Waals surface area contributed by atoms with Crippen LogP contribution < -0.4 is 0 Å². The van der Waals surface area contributed by atoms with E-state index in [4.69, 9.17) is 0 Å². The largest absolute Gasteiger partial charge is 0.422 e. The lowest BCUT2D eigenvalue weighted by Gasteiger charge is -2.10. The summed E-state index contributed by atoms with van der Waals surface area (Å²) in [5.41, 5.74) is 0.576. The fourth-order valence-corrected chi connectivity index (χ4v) is 2.50. The van der Waals surface area contributed by atoms with E-state index in [1.54, 1.807) is 19.1 Å². The molecular formula is C15H13F3S. The Labute approximate surface area is 114 Å². The maximum absolute atomic E-state index is 12.8. The van der Waals surface area contributed by atoms with Gasteiger partial charge in [0, 0.05) is 0 Å². The molecule has 0 unspecified atom stereocenters. The summed E-state index contributed by atoms with van der Waals surface area (Å²) in [6, 6.07) is 12.9. The molecule has 0 heterocycles. The fourth-order valence-electron chi connectivity index (χ4n) is 1.81. The van der Waals surface area contributed by atoms with E-state index in [2.05, 4.69) is 0 Å². The van der Waals surface area contributed by atoms with Crippen molar-refractivity contribution in [3.8, 4) is 0 Å². The van der Waals surface area contributed by atoms with Crippen molar-refractivity contribution in [2.24, 2.45) is 0 Å². The third-order valence-electron chi connectivity index (χ3n) is 2.65. The molecule has 19 heavy (non-hydrogen) atoms. The number of thioether (sulfide) groups is 1. The zero-order valence-electron chi connectivity index (χ0n) is 10.4. The van der Waals surface area contributed by atoms with Gasteiger partial charge in [-0.2, -0.15) is 13.2 Å². The van der Waals surface area contributed by atoms with Gasteiger partial charge >= 0.3 is 6.18 Å². The highest BCUT2D eigenvalue weighted by Crippen LogP contribution is 2.36. The number of allylic oxidation sites excluding steroid dienone is 1. The standard InChI is InChI=1S/C15H13F3S/c1-2-19-14(15(16,17)18)10-11-7-8-12-5-3-4-6-13(12)9-11/h3-10H,2H2,1H3. The predicted octanol–water partition coefficient (Wildman–Crippen LogP) is 5.50. The van der Waals surface area contributed by atoms with E-state index >= 15 is 0 Å². The number of rotatable bonds is 3. The van der Waals surface area contributed by atoms with Gasteiger partial charge in [0.15, 0.2) is 0 Å². The average molecular weight is 282 g/mol. The topological polar surface area (TPSA) is 0 Å². The molecule has 0 saturated carbocycles. The van der Waals surface area contributed by atoms with Crippen molar-refractivity contribution in [1.29, 1.82) is 0 Å². The molecule has 0 aliphatic heterocycles. The third-order valence-corrected chi connectivity index (χ3v) is 3.60. The molecule has 0 atom stereocenters. The van der Waals surface area contributed by atoms with Gasteiger partial charge in [-0.15, -0.1) is 11.8 Å². The average Bonchev–Trinajstić information content (AvgIpc) is 2.37. The minimum Gasteiger partial charge on any atom is -0.166 e. The first-order valence-electron chi connectivity index (χ1n) is 5.91. The van der Waals surface area contributed by atoms with Crippen LogP contribution in [0.1, 0.15) is 12.5 Å². The molecule has 0 aliphatic carbocycles. The summed E-state index contributed by atoms with van der Waals surface area (Å²) >= 11 is 0.820. The second-order valence-electron chi connectivity index (χ2n) is 4.05. The SMILES string of the molecule is CCSC(=Cc1ccc2ccccc2c1)C(F)(F)F. The fraction of sp³-hybridized carbons (Fsp3) is 0.200. The molecule has 0 saturated heterocycles. The van der Waals surface area contributed by atoms with Crippen molar-refractivity contribution in [2.75, 3.05) is 5.75 Å². The van der Waals surface area contributed by atoms with Crippen LogP contribution in [0.15, 0.2) is 47.4 Å². The molecule has 0 fully saturated rings. The van der Waals surface area contributed by atoms with Crippen LogP contribution in [0.3, 0.4) is 0 Å². The van der Waals surface area contributed by atoms with Crippen LogP contribution in [-0.2, 0) is 0 Å². The van der Waals surface area contributed by atoms with Gasteiger partial charge in [0.1, 0.15) is 0 Å². The Morgan fingerprint density at radius 1 is 1.11 bits per heavy atom. The summed E-state index contributed by atoms with van der Waals surface area (Å²) < 4.78 is 38.5. The van der Waals surface area contributed by atoms with E-state index < -0.39 is 11.1 Å². The monoisotopic (exact) mass is 282 g/mol. The van der Waals surface area contributed by atoms with Crippen molar-refractivity contribution in [2.45, 2.75) is 13.1 Å². The Balaban J connectivity index is 2.42. The molecule has 100 valence electrons. The van der Waals surface area contributed by atoms with Crippen molar-refractivity contribution in [3.05, 3.63) is 52.9 Å². The summed E-state index contributed by atoms with van der Waals surface area (Å²) in [4.78, 5) is -0.551. The van der Waals surface area contributed by atoms with E-state index in [1.807, 2.05) is 30.3 Å². The van der Waals surface area contributed by atoms with Crippen molar-refractivity contribution in [1.82, 2.24) is 0 Å². The number of fused-ring (bicyclic) bond motifs is 1. The lowest BCUT2D eigenvalue weighted by atomic mass is 10.1. The molecule has 0 spiro atoms. The van der Waals surface area contributed by atoms with Crippen LogP contribution in [0.4, 0.5) is 13.2 Å². The van der Waals surface area contributed by atoms with Crippen molar-refractivity contribution in [3.63, 3.8) is 0 Å². The second kappa shape index (κ2) is 5.70. The third kappa shape index (κ3) is 3.53. The molecule has 0 N–H and O–H groups in total. The molecule has 0 radical (unpaired) electrons. The predicted molar refractivity (Wildman–Crippen MR) is 76.1 cm³/mol. The highest BCUT2D eigenvalue weighted by Gasteiger charge is 2.33. The van der Waals surface area contributed by atoms with Gasteiger partial charge in [-0.25, -0.2) is 0 Å². The van der Waals surface area contributed by atoms with E-state index in [9.17, 15) is 13.2 Å². The van der Waals surface area contributed by atoms with Gasteiger partial charge in [-0.1, -0.05) is 43.3 Å². The number of hydrogen-bond donors (Lipinski definition) is 0. The van der Waals surface area contributed by atoms with E-state index in [-0.39, 0.29) is 0 Å². The maximum Gasteiger partial charge on any atom is 0.422 e. The number of alkyl halides is 3. The van der Waals surface area contributed by atoms with Gasteiger partial charge in [0.25, 0.3) is 0 Å². The van der Waals surface area contributed by atoms with Gasteiger partial charge in [-0.05, 0) is 34.2 Å². The summed E-state index contributed by atoms with van der Waals surface area (Å²) in [5.74, 6) is 0.402. The Kier molecular flexibility index (Phi) is 4.20. The zero-order chi connectivity index (χ0) is 13.9. The Morgan fingerprint density at radius 2 is 1.79 bits per heavy atom. The Morgan fingerprint density at radius 3 is 2.42 bits per heavy atom. The Bertz CT molecular complexity index is 600. The molecule has 0 amide bonds.